The monoisotopic (exact) mass is 162 g/mol. The minimum absolute atomic E-state index is 0.117. The second kappa shape index (κ2) is 3.30. The summed E-state index contributed by atoms with van der Waals surface area (Å²) in [4.78, 5) is 10.9. The summed E-state index contributed by atoms with van der Waals surface area (Å²) in [5, 5.41) is 9.21. The normalized spacial score (nSPS) is 9.42. The predicted molar refractivity (Wildman–Crippen MR) is 44.8 cm³/mol. The summed E-state index contributed by atoms with van der Waals surface area (Å²) in [6, 6.07) is 4.23. The Morgan fingerprint density at radius 2 is 2.25 bits per heavy atom. The zero-order valence-corrected chi connectivity index (χ0v) is 6.57. The number of carbonyl (C=O) groups is 1. The Balaban J connectivity index is 3.09. The van der Waals surface area contributed by atoms with Crippen LogP contribution in [0.2, 0.25) is 0 Å². The highest BCUT2D eigenvalue weighted by Gasteiger charge is 2.09. The molecule has 0 saturated carbocycles. The largest absolute Gasteiger partial charge is 0.507 e. The zero-order valence-electron chi connectivity index (χ0n) is 6.57. The van der Waals surface area contributed by atoms with Crippen LogP contribution >= 0.6 is 0 Å². The van der Waals surface area contributed by atoms with Crippen LogP contribution in [0.3, 0.4) is 0 Å². The van der Waals surface area contributed by atoms with Gasteiger partial charge in [0.25, 0.3) is 0 Å². The number of carbonyl (C=O) groups excluding carboxylic acids is 1. The highest BCUT2D eigenvalue weighted by Crippen LogP contribution is 2.14. The van der Waals surface area contributed by atoms with Crippen molar-refractivity contribution in [2.24, 2.45) is 0 Å². The van der Waals surface area contributed by atoms with Gasteiger partial charge in [-0.25, -0.2) is 4.79 Å². The minimum atomic E-state index is -0.576. The first kappa shape index (κ1) is 8.65. The number of ether oxygens (including phenoxy) is 1. The molecule has 3 nitrogen and oxygen atoms in total. The van der Waals surface area contributed by atoms with Gasteiger partial charge < -0.3 is 9.84 Å². The third-order valence-corrected chi connectivity index (χ3v) is 1.43. The molecule has 0 saturated heterocycles. The molecule has 1 rings (SSSR count). The van der Waals surface area contributed by atoms with E-state index in [0.29, 0.717) is 5.46 Å². The van der Waals surface area contributed by atoms with Crippen LogP contribution in [0.1, 0.15) is 10.4 Å². The van der Waals surface area contributed by atoms with Gasteiger partial charge in [-0.3, -0.25) is 0 Å². The van der Waals surface area contributed by atoms with E-state index in [1.807, 2.05) is 0 Å². The van der Waals surface area contributed by atoms with E-state index in [1.165, 1.54) is 25.3 Å². The van der Waals surface area contributed by atoms with E-state index in [-0.39, 0.29) is 11.3 Å². The molecule has 0 fully saturated rings. The molecule has 0 heterocycles. The molecule has 0 amide bonds. The number of hydrogen-bond donors (Lipinski definition) is 1. The summed E-state index contributed by atoms with van der Waals surface area (Å²) in [7, 11) is 6.61. The highest BCUT2D eigenvalue weighted by atomic mass is 16.5. The van der Waals surface area contributed by atoms with Gasteiger partial charge in [0.15, 0.2) is 0 Å². The number of aromatic hydroxyl groups is 1. The van der Waals surface area contributed by atoms with Crippen molar-refractivity contribution in [3.8, 4) is 5.75 Å². The number of phenolic OH excluding ortho intramolecular Hbond substituents is 1. The summed E-state index contributed by atoms with van der Waals surface area (Å²) in [6.07, 6.45) is 0. The van der Waals surface area contributed by atoms with Gasteiger partial charge in [-0.15, -0.1) is 0 Å². The van der Waals surface area contributed by atoms with E-state index in [1.54, 1.807) is 0 Å². The van der Waals surface area contributed by atoms with Crippen molar-refractivity contribution >= 4 is 19.3 Å². The van der Waals surface area contributed by atoms with E-state index in [2.05, 4.69) is 4.74 Å². The Bertz CT molecular complexity index is 309. The molecule has 1 aromatic rings. The van der Waals surface area contributed by atoms with Crippen LogP contribution in [-0.2, 0) is 4.74 Å². The van der Waals surface area contributed by atoms with Crippen molar-refractivity contribution in [1.29, 1.82) is 0 Å². The summed E-state index contributed by atoms with van der Waals surface area (Å²) >= 11 is 0. The quantitative estimate of drug-likeness (QED) is 0.465. The zero-order chi connectivity index (χ0) is 9.14. The van der Waals surface area contributed by atoms with Crippen LogP contribution in [0, 0.1) is 0 Å². The molecule has 0 unspecified atom stereocenters. The van der Waals surface area contributed by atoms with Crippen molar-refractivity contribution in [2.45, 2.75) is 0 Å². The van der Waals surface area contributed by atoms with Gasteiger partial charge in [-0.1, -0.05) is 11.5 Å². The molecule has 12 heavy (non-hydrogen) atoms. The molecular weight excluding hydrogens is 155 g/mol. The van der Waals surface area contributed by atoms with Crippen molar-refractivity contribution in [3.05, 3.63) is 23.8 Å². The summed E-state index contributed by atoms with van der Waals surface area (Å²) in [6.45, 7) is 0. The molecule has 2 radical (unpaired) electrons. The lowest BCUT2D eigenvalue weighted by Crippen LogP contribution is -2.06. The second-order valence-electron chi connectivity index (χ2n) is 2.27. The maximum Gasteiger partial charge on any atom is 0.341 e. The Morgan fingerprint density at radius 1 is 1.58 bits per heavy atom. The van der Waals surface area contributed by atoms with E-state index in [0.717, 1.165) is 0 Å². The Kier molecular flexibility index (Phi) is 2.38. The van der Waals surface area contributed by atoms with Crippen molar-refractivity contribution in [1.82, 2.24) is 0 Å². The first-order valence-electron chi connectivity index (χ1n) is 3.32. The molecule has 60 valence electrons. The average Bonchev–Trinajstić information content (AvgIpc) is 2.03. The van der Waals surface area contributed by atoms with Crippen LogP contribution in [0.4, 0.5) is 0 Å². The third-order valence-electron chi connectivity index (χ3n) is 1.43. The number of hydrogen-bond acceptors (Lipinski definition) is 3. The van der Waals surface area contributed by atoms with Gasteiger partial charge in [0.2, 0.25) is 0 Å². The van der Waals surface area contributed by atoms with Crippen LogP contribution < -0.4 is 5.46 Å². The maximum absolute atomic E-state index is 10.9. The fourth-order valence-corrected chi connectivity index (χ4v) is 0.831. The van der Waals surface area contributed by atoms with Gasteiger partial charge in [-0.2, -0.15) is 0 Å². The van der Waals surface area contributed by atoms with Crippen LogP contribution in [0.5, 0.6) is 5.75 Å². The van der Waals surface area contributed by atoms with Crippen LogP contribution in [0.15, 0.2) is 18.2 Å². The van der Waals surface area contributed by atoms with Gasteiger partial charge in [0.1, 0.15) is 19.2 Å². The lowest BCUT2D eigenvalue weighted by molar-refractivity contribution is 0.0597. The second-order valence-corrected chi connectivity index (χ2v) is 2.27. The smallest absolute Gasteiger partial charge is 0.341 e. The molecular formula is C8H7BO3. The number of phenols is 1. The molecule has 0 aliphatic carbocycles. The fourth-order valence-electron chi connectivity index (χ4n) is 0.831. The van der Waals surface area contributed by atoms with Gasteiger partial charge in [-0.05, 0) is 12.1 Å². The lowest BCUT2D eigenvalue weighted by atomic mass is 9.95. The lowest BCUT2D eigenvalue weighted by Gasteiger charge is -2.02. The molecule has 4 heteroatoms. The van der Waals surface area contributed by atoms with Crippen molar-refractivity contribution in [3.63, 3.8) is 0 Å². The summed E-state index contributed by atoms with van der Waals surface area (Å²) < 4.78 is 4.42. The molecule has 1 N–H and O–H groups in total. The van der Waals surface area contributed by atoms with Crippen molar-refractivity contribution < 1.29 is 14.6 Å². The number of rotatable bonds is 1. The van der Waals surface area contributed by atoms with Crippen LogP contribution in [-0.4, -0.2) is 26.0 Å². The molecule has 0 bridgehead atoms. The molecule has 0 aromatic heterocycles. The van der Waals surface area contributed by atoms with Gasteiger partial charge >= 0.3 is 5.97 Å². The number of esters is 1. The Labute approximate surface area is 71.4 Å². The molecule has 0 spiro atoms. The Morgan fingerprint density at radius 3 is 2.75 bits per heavy atom. The molecule has 1 aromatic carbocycles. The minimum Gasteiger partial charge on any atom is -0.507 e. The van der Waals surface area contributed by atoms with E-state index in [4.69, 9.17) is 7.85 Å². The molecule has 0 aliphatic heterocycles. The van der Waals surface area contributed by atoms with Gasteiger partial charge in [0, 0.05) is 0 Å². The maximum atomic E-state index is 10.9. The Hall–Kier alpha value is -1.45. The van der Waals surface area contributed by atoms with Crippen molar-refractivity contribution in [2.75, 3.05) is 7.11 Å². The highest BCUT2D eigenvalue weighted by molar-refractivity contribution is 6.32. The van der Waals surface area contributed by atoms with Crippen LogP contribution in [0.25, 0.3) is 0 Å². The number of benzene rings is 1. The fraction of sp³-hybridized carbons (Fsp3) is 0.125. The van der Waals surface area contributed by atoms with E-state index >= 15 is 0 Å². The predicted octanol–water partition coefficient (Wildman–Crippen LogP) is -0.0274. The van der Waals surface area contributed by atoms with E-state index < -0.39 is 5.97 Å². The first-order chi connectivity index (χ1) is 5.65. The average molecular weight is 162 g/mol. The standard InChI is InChI=1S/C8H7BO3/c1-12-8(11)6-3-2-5(9)4-7(6)10/h2-4,10H,1H3. The van der Waals surface area contributed by atoms with Gasteiger partial charge in [0.05, 0.1) is 7.11 Å². The molecule has 0 atom stereocenters. The summed E-state index contributed by atoms with van der Waals surface area (Å²) in [5.41, 5.74) is 0.520. The third kappa shape index (κ3) is 1.58. The first-order valence-corrected chi connectivity index (χ1v) is 3.32. The topological polar surface area (TPSA) is 46.5 Å². The number of methoxy groups -OCH3 is 1. The summed E-state index contributed by atoms with van der Waals surface area (Å²) in [5.74, 6) is -0.741. The SMILES string of the molecule is [B]c1ccc(C(=O)OC)c(O)c1. The molecule has 0 aliphatic rings. The van der Waals surface area contributed by atoms with E-state index in [9.17, 15) is 9.90 Å².